The Labute approximate surface area is 145 Å². The minimum absolute atomic E-state index is 0.0226. The van der Waals surface area contributed by atoms with Crippen molar-refractivity contribution in [2.45, 2.75) is 71.1 Å². The molecule has 0 unspecified atom stereocenters. The molecule has 0 atom stereocenters. The molecule has 0 radical (unpaired) electrons. The maximum atomic E-state index is 12.2. The molecule has 1 aromatic rings. The molecule has 2 rings (SSSR count). The lowest BCUT2D eigenvalue weighted by Gasteiger charge is -2.46. The van der Waals surface area contributed by atoms with Gasteiger partial charge in [0.2, 0.25) is 0 Å². The van der Waals surface area contributed by atoms with Crippen molar-refractivity contribution in [3.8, 4) is 5.75 Å². The topological polar surface area (TPSA) is 62.4 Å². The van der Waals surface area contributed by atoms with Crippen LogP contribution in [0.15, 0.2) is 24.3 Å². The quantitative estimate of drug-likeness (QED) is 0.775. The second kappa shape index (κ2) is 7.43. The maximum Gasteiger partial charge on any atom is 0.315 e. The Morgan fingerprint density at radius 3 is 2.29 bits per heavy atom. The molecule has 1 fully saturated rings. The van der Waals surface area contributed by atoms with Crippen molar-refractivity contribution >= 4 is 6.03 Å². The molecular formula is C19H31N3O2. The van der Waals surface area contributed by atoms with E-state index < -0.39 is 0 Å². The summed E-state index contributed by atoms with van der Waals surface area (Å²) in [7, 11) is 0. The molecule has 1 aliphatic rings. The molecule has 3 N–H and O–H groups in total. The van der Waals surface area contributed by atoms with Crippen LogP contribution in [0.2, 0.25) is 0 Å². The van der Waals surface area contributed by atoms with Gasteiger partial charge in [-0.05, 0) is 65.2 Å². The summed E-state index contributed by atoms with van der Waals surface area (Å²) >= 11 is 0. The van der Waals surface area contributed by atoms with E-state index in [0.717, 1.165) is 24.2 Å². The molecule has 5 heteroatoms. The van der Waals surface area contributed by atoms with Crippen LogP contribution in [0.5, 0.6) is 5.75 Å². The van der Waals surface area contributed by atoms with Gasteiger partial charge in [-0.3, -0.25) is 0 Å². The zero-order valence-corrected chi connectivity index (χ0v) is 15.5. The molecule has 134 valence electrons. The number of hydrogen-bond acceptors (Lipinski definition) is 3. The molecule has 1 heterocycles. The SMILES string of the molecule is CCOc1ccc(CNC(=O)NC2CC(C)(C)NC(C)(C)C2)cc1. The summed E-state index contributed by atoms with van der Waals surface area (Å²) in [6.07, 6.45) is 1.85. The predicted molar refractivity (Wildman–Crippen MR) is 97.3 cm³/mol. The summed E-state index contributed by atoms with van der Waals surface area (Å²) in [5, 5.41) is 9.68. The summed E-state index contributed by atoms with van der Waals surface area (Å²) < 4.78 is 5.42. The van der Waals surface area contributed by atoms with E-state index >= 15 is 0 Å². The van der Waals surface area contributed by atoms with E-state index in [0.29, 0.717) is 13.2 Å². The Balaban J connectivity index is 1.82. The molecule has 0 saturated carbocycles. The molecular weight excluding hydrogens is 302 g/mol. The molecule has 0 spiro atoms. The zero-order valence-electron chi connectivity index (χ0n) is 15.5. The lowest BCUT2D eigenvalue weighted by Crippen LogP contribution is -2.62. The van der Waals surface area contributed by atoms with Gasteiger partial charge in [-0.1, -0.05) is 12.1 Å². The Morgan fingerprint density at radius 1 is 1.17 bits per heavy atom. The number of nitrogens with one attached hydrogen (secondary N) is 3. The van der Waals surface area contributed by atoms with Crippen LogP contribution in [0.4, 0.5) is 4.79 Å². The lowest BCUT2D eigenvalue weighted by atomic mass is 9.80. The summed E-state index contributed by atoms with van der Waals surface area (Å²) in [5.41, 5.74) is 1.10. The third-order valence-electron chi connectivity index (χ3n) is 4.21. The molecule has 0 aromatic heterocycles. The van der Waals surface area contributed by atoms with Crippen LogP contribution in [-0.4, -0.2) is 29.8 Å². The van der Waals surface area contributed by atoms with Gasteiger partial charge in [0.25, 0.3) is 0 Å². The molecule has 1 aromatic carbocycles. The van der Waals surface area contributed by atoms with E-state index in [1.54, 1.807) is 0 Å². The van der Waals surface area contributed by atoms with E-state index in [2.05, 4.69) is 43.6 Å². The number of carbonyl (C=O) groups excluding carboxylic acids is 1. The van der Waals surface area contributed by atoms with Gasteiger partial charge in [0, 0.05) is 23.7 Å². The number of urea groups is 1. The normalized spacial score (nSPS) is 19.5. The van der Waals surface area contributed by atoms with Gasteiger partial charge >= 0.3 is 6.03 Å². The van der Waals surface area contributed by atoms with E-state index in [4.69, 9.17) is 4.74 Å². The monoisotopic (exact) mass is 333 g/mol. The largest absolute Gasteiger partial charge is 0.494 e. The second-order valence-corrected chi connectivity index (χ2v) is 7.90. The summed E-state index contributed by atoms with van der Waals surface area (Å²) in [4.78, 5) is 12.2. The summed E-state index contributed by atoms with van der Waals surface area (Å²) in [6.45, 7) is 11.9. The standard InChI is InChI=1S/C19H31N3O2/c1-6-24-16-9-7-14(8-10-16)13-20-17(23)21-15-11-18(2,3)22-19(4,5)12-15/h7-10,15,22H,6,11-13H2,1-5H3,(H2,20,21,23). The van der Waals surface area contributed by atoms with Crippen molar-refractivity contribution in [2.24, 2.45) is 0 Å². The summed E-state index contributed by atoms with van der Waals surface area (Å²) in [5.74, 6) is 0.852. The fraction of sp³-hybridized carbons (Fsp3) is 0.632. The van der Waals surface area contributed by atoms with Crippen molar-refractivity contribution in [2.75, 3.05) is 6.61 Å². The molecule has 0 aliphatic carbocycles. The Morgan fingerprint density at radius 2 is 1.75 bits per heavy atom. The van der Waals surface area contributed by atoms with E-state index in [-0.39, 0.29) is 23.2 Å². The van der Waals surface area contributed by atoms with Crippen molar-refractivity contribution in [1.82, 2.24) is 16.0 Å². The fourth-order valence-corrected chi connectivity index (χ4v) is 3.71. The van der Waals surface area contributed by atoms with Gasteiger partial charge in [-0.2, -0.15) is 0 Å². The lowest BCUT2D eigenvalue weighted by molar-refractivity contribution is 0.147. The highest BCUT2D eigenvalue weighted by Gasteiger charge is 2.38. The van der Waals surface area contributed by atoms with E-state index in [1.807, 2.05) is 31.2 Å². The molecule has 1 saturated heterocycles. The minimum atomic E-state index is -0.109. The van der Waals surface area contributed by atoms with Gasteiger partial charge in [0.1, 0.15) is 5.75 Å². The molecule has 24 heavy (non-hydrogen) atoms. The highest BCUT2D eigenvalue weighted by Crippen LogP contribution is 2.28. The van der Waals surface area contributed by atoms with Crippen LogP contribution in [0, 0.1) is 0 Å². The van der Waals surface area contributed by atoms with Crippen LogP contribution in [0.3, 0.4) is 0 Å². The van der Waals surface area contributed by atoms with Gasteiger partial charge in [-0.25, -0.2) is 4.79 Å². The predicted octanol–water partition coefficient (Wildman–Crippen LogP) is 3.19. The third kappa shape index (κ3) is 5.71. The zero-order chi connectivity index (χ0) is 17.8. The average Bonchev–Trinajstić information content (AvgIpc) is 2.43. The number of hydrogen-bond donors (Lipinski definition) is 3. The summed E-state index contributed by atoms with van der Waals surface area (Å²) in [6, 6.07) is 7.87. The van der Waals surface area contributed by atoms with Crippen LogP contribution in [0.1, 0.15) is 53.0 Å². The van der Waals surface area contributed by atoms with Crippen molar-refractivity contribution in [1.29, 1.82) is 0 Å². The maximum absolute atomic E-state index is 12.2. The number of rotatable bonds is 5. The Kier molecular flexibility index (Phi) is 5.75. The van der Waals surface area contributed by atoms with Crippen molar-refractivity contribution < 1.29 is 9.53 Å². The van der Waals surface area contributed by atoms with Gasteiger partial charge in [0.05, 0.1) is 6.61 Å². The van der Waals surface area contributed by atoms with Crippen molar-refractivity contribution in [3.05, 3.63) is 29.8 Å². The minimum Gasteiger partial charge on any atom is -0.494 e. The number of carbonyl (C=O) groups is 1. The van der Waals surface area contributed by atoms with Crippen LogP contribution in [-0.2, 0) is 6.54 Å². The van der Waals surface area contributed by atoms with Gasteiger partial charge < -0.3 is 20.7 Å². The first-order valence-electron chi connectivity index (χ1n) is 8.74. The van der Waals surface area contributed by atoms with Crippen LogP contribution >= 0.6 is 0 Å². The number of ether oxygens (including phenoxy) is 1. The molecule has 2 amide bonds. The first-order chi connectivity index (χ1) is 11.2. The number of amides is 2. The number of piperidine rings is 1. The molecule has 1 aliphatic heterocycles. The second-order valence-electron chi connectivity index (χ2n) is 7.90. The highest BCUT2D eigenvalue weighted by molar-refractivity contribution is 5.74. The first kappa shape index (κ1) is 18.6. The molecule has 5 nitrogen and oxygen atoms in total. The molecule has 0 bridgehead atoms. The van der Waals surface area contributed by atoms with Gasteiger partial charge in [0.15, 0.2) is 0 Å². The first-order valence-corrected chi connectivity index (χ1v) is 8.74. The Bertz CT molecular complexity index is 536. The Hall–Kier alpha value is -1.75. The van der Waals surface area contributed by atoms with E-state index in [1.165, 1.54) is 0 Å². The van der Waals surface area contributed by atoms with Gasteiger partial charge in [-0.15, -0.1) is 0 Å². The number of benzene rings is 1. The average molecular weight is 333 g/mol. The van der Waals surface area contributed by atoms with Crippen LogP contribution < -0.4 is 20.7 Å². The van der Waals surface area contributed by atoms with Crippen LogP contribution in [0.25, 0.3) is 0 Å². The fourth-order valence-electron chi connectivity index (χ4n) is 3.71. The highest BCUT2D eigenvalue weighted by atomic mass is 16.5. The third-order valence-corrected chi connectivity index (χ3v) is 4.21. The van der Waals surface area contributed by atoms with E-state index in [9.17, 15) is 4.79 Å². The van der Waals surface area contributed by atoms with Crippen molar-refractivity contribution in [3.63, 3.8) is 0 Å². The smallest absolute Gasteiger partial charge is 0.315 e.